The van der Waals surface area contributed by atoms with Gasteiger partial charge in [-0.2, -0.15) is 0 Å². The minimum atomic E-state index is -0.184. The van der Waals surface area contributed by atoms with Gasteiger partial charge in [0.2, 0.25) is 0 Å². The van der Waals surface area contributed by atoms with Crippen LogP contribution in [-0.4, -0.2) is 41.3 Å². The van der Waals surface area contributed by atoms with Crippen LogP contribution in [0.5, 0.6) is 0 Å². The Bertz CT molecular complexity index is 872. The van der Waals surface area contributed by atoms with Gasteiger partial charge in [-0.15, -0.1) is 0 Å². The van der Waals surface area contributed by atoms with Crippen LogP contribution in [0.25, 0.3) is 0 Å². The number of benzene rings is 1. The Morgan fingerprint density at radius 3 is 3.04 bits per heavy atom. The lowest BCUT2D eigenvalue weighted by Crippen LogP contribution is -2.64. The van der Waals surface area contributed by atoms with Crippen LogP contribution in [0.2, 0.25) is 0 Å². The van der Waals surface area contributed by atoms with Crippen LogP contribution in [0.1, 0.15) is 32.3 Å². The van der Waals surface area contributed by atoms with Crippen LogP contribution in [-0.2, 0) is 14.9 Å². The van der Waals surface area contributed by atoms with Gasteiger partial charge < -0.3 is 4.74 Å². The molecule has 5 heterocycles. The van der Waals surface area contributed by atoms with Gasteiger partial charge in [0.05, 0.1) is 22.9 Å². The van der Waals surface area contributed by atoms with Crippen LogP contribution in [0, 0.1) is 11.8 Å². The van der Waals surface area contributed by atoms with Crippen molar-refractivity contribution in [2.45, 2.75) is 50.3 Å². The van der Waals surface area contributed by atoms with E-state index in [4.69, 9.17) is 9.73 Å². The normalized spacial score (nSPS) is 46.2. The standard InChI is InChI=1S/C21H22N2O2/c1-3-12-10-23-16-8-13(12)18-17(23)9-21(20(18)25-11(2)24)14-6-4-5-7-15(14)22-19(16)21/h3-7,13,16-18,20H,8-10H2,1-2H3/b12-3-/t13?,16-,17?,18?,20?,21+/m0/s1. The van der Waals surface area contributed by atoms with E-state index in [1.54, 1.807) is 6.92 Å². The molecule has 7 atom stereocenters. The molecule has 25 heavy (non-hydrogen) atoms. The second-order valence-electron chi connectivity index (χ2n) is 8.26. The average molecular weight is 334 g/mol. The summed E-state index contributed by atoms with van der Waals surface area (Å²) < 4.78 is 6.09. The van der Waals surface area contributed by atoms with E-state index in [2.05, 4.69) is 42.2 Å². The zero-order chi connectivity index (χ0) is 16.9. The van der Waals surface area contributed by atoms with Crippen molar-refractivity contribution in [3.8, 4) is 0 Å². The summed E-state index contributed by atoms with van der Waals surface area (Å²) in [6.07, 6.45) is 4.40. The molecule has 4 nitrogen and oxygen atoms in total. The van der Waals surface area contributed by atoms with Crippen molar-refractivity contribution < 1.29 is 9.53 Å². The summed E-state index contributed by atoms with van der Waals surface area (Å²) in [6, 6.07) is 9.42. The number of carbonyl (C=O) groups excluding carboxylic acids is 1. The molecule has 1 aromatic carbocycles. The van der Waals surface area contributed by atoms with Gasteiger partial charge >= 0.3 is 5.97 Å². The van der Waals surface area contributed by atoms with Gasteiger partial charge in [-0.1, -0.05) is 29.8 Å². The summed E-state index contributed by atoms with van der Waals surface area (Å²) in [4.78, 5) is 19.8. The number of hydrogen-bond donors (Lipinski definition) is 0. The molecular formula is C21H22N2O2. The summed E-state index contributed by atoms with van der Waals surface area (Å²) in [7, 11) is 0. The fourth-order valence-corrected chi connectivity index (χ4v) is 6.78. The quantitative estimate of drug-likeness (QED) is 0.586. The zero-order valence-corrected chi connectivity index (χ0v) is 14.6. The first kappa shape index (κ1) is 14.3. The summed E-state index contributed by atoms with van der Waals surface area (Å²) in [5.74, 6) is 0.778. The van der Waals surface area contributed by atoms with Crippen LogP contribution in [0.3, 0.4) is 0 Å². The van der Waals surface area contributed by atoms with Gasteiger partial charge in [0.15, 0.2) is 0 Å². The lowest BCUT2D eigenvalue weighted by molar-refractivity contribution is -0.152. The largest absolute Gasteiger partial charge is 0.461 e. The molecule has 5 fully saturated rings. The van der Waals surface area contributed by atoms with Crippen molar-refractivity contribution >= 4 is 17.4 Å². The molecule has 5 unspecified atom stereocenters. The summed E-state index contributed by atoms with van der Waals surface area (Å²) >= 11 is 0. The number of rotatable bonds is 1. The van der Waals surface area contributed by atoms with Crippen molar-refractivity contribution in [2.24, 2.45) is 16.8 Å². The van der Waals surface area contributed by atoms with Gasteiger partial charge in [-0.25, -0.2) is 0 Å². The third-order valence-electron chi connectivity index (χ3n) is 7.48. The van der Waals surface area contributed by atoms with Gasteiger partial charge in [-0.05, 0) is 37.3 Å². The first-order valence-electron chi connectivity index (χ1n) is 9.42. The summed E-state index contributed by atoms with van der Waals surface area (Å²) in [5.41, 5.74) is 5.00. The monoisotopic (exact) mass is 334 g/mol. The number of para-hydroxylation sites is 1. The van der Waals surface area contributed by atoms with E-state index < -0.39 is 0 Å². The van der Waals surface area contributed by atoms with E-state index in [1.165, 1.54) is 16.8 Å². The highest BCUT2D eigenvalue weighted by molar-refractivity contribution is 6.08. The lowest BCUT2D eigenvalue weighted by Gasteiger charge is -2.55. The molecule has 128 valence electrons. The molecule has 0 N–H and O–H groups in total. The third kappa shape index (κ3) is 1.46. The Morgan fingerprint density at radius 1 is 1.40 bits per heavy atom. The first-order chi connectivity index (χ1) is 12.1. The number of nitrogens with zero attached hydrogens (tertiary/aromatic N) is 2. The maximum Gasteiger partial charge on any atom is 0.302 e. The molecule has 4 heteroatoms. The van der Waals surface area contributed by atoms with Crippen molar-refractivity contribution in [1.82, 2.24) is 4.90 Å². The molecule has 1 aliphatic carbocycles. The molecule has 1 saturated carbocycles. The Balaban J connectivity index is 1.62. The molecule has 5 aliphatic heterocycles. The van der Waals surface area contributed by atoms with Crippen molar-refractivity contribution in [2.75, 3.05) is 6.54 Å². The van der Waals surface area contributed by atoms with E-state index in [0.29, 0.717) is 23.9 Å². The molecule has 0 amide bonds. The minimum absolute atomic E-state index is 0.0763. The highest BCUT2D eigenvalue weighted by Crippen LogP contribution is 2.66. The van der Waals surface area contributed by atoms with Gasteiger partial charge in [0, 0.05) is 25.4 Å². The fourth-order valence-electron chi connectivity index (χ4n) is 6.78. The van der Waals surface area contributed by atoms with Crippen LogP contribution in [0.15, 0.2) is 40.9 Å². The Labute approximate surface area is 147 Å². The van der Waals surface area contributed by atoms with Crippen LogP contribution in [0.4, 0.5) is 5.69 Å². The predicted octanol–water partition coefficient (Wildman–Crippen LogP) is 2.99. The number of aliphatic imine (C=N–C) groups is 1. The molecule has 7 rings (SSSR count). The average Bonchev–Trinajstić information content (AvgIpc) is 3.09. The van der Waals surface area contributed by atoms with E-state index in [1.807, 2.05) is 0 Å². The number of fused-ring (bicyclic) bond motifs is 2. The van der Waals surface area contributed by atoms with Gasteiger partial charge in [0.1, 0.15) is 6.10 Å². The van der Waals surface area contributed by atoms with Gasteiger partial charge in [0.25, 0.3) is 0 Å². The van der Waals surface area contributed by atoms with Gasteiger partial charge in [-0.3, -0.25) is 14.7 Å². The molecule has 1 aromatic rings. The number of piperidine rings is 4. The maximum atomic E-state index is 12.0. The zero-order valence-electron chi connectivity index (χ0n) is 14.6. The van der Waals surface area contributed by atoms with Crippen LogP contribution < -0.4 is 0 Å². The second kappa shape index (κ2) is 4.42. The van der Waals surface area contributed by atoms with Crippen molar-refractivity contribution in [3.05, 3.63) is 41.5 Å². The predicted molar refractivity (Wildman–Crippen MR) is 95.0 cm³/mol. The molecule has 6 aliphatic rings. The highest BCUT2D eigenvalue weighted by atomic mass is 16.5. The smallest absolute Gasteiger partial charge is 0.302 e. The second-order valence-corrected chi connectivity index (χ2v) is 8.26. The van der Waals surface area contributed by atoms with Crippen LogP contribution >= 0.6 is 0 Å². The molecule has 5 bridgehead atoms. The first-order valence-corrected chi connectivity index (χ1v) is 9.42. The number of hydrogen-bond acceptors (Lipinski definition) is 4. The molecule has 0 aromatic heterocycles. The third-order valence-corrected chi connectivity index (χ3v) is 7.48. The Kier molecular flexibility index (Phi) is 2.52. The van der Waals surface area contributed by atoms with E-state index in [0.717, 1.165) is 25.1 Å². The lowest BCUT2D eigenvalue weighted by atomic mass is 9.66. The summed E-state index contributed by atoms with van der Waals surface area (Å²) in [5, 5.41) is 0. The van der Waals surface area contributed by atoms with E-state index in [-0.39, 0.29) is 17.5 Å². The summed E-state index contributed by atoms with van der Waals surface area (Å²) in [6.45, 7) is 4.77. The van der Waals surface area contributed by atoms with E-state index >= 15 is 0 Å². The Morgan fingerprint density at radius 2 is 2.24 bits per heavy atom. The Hall–Kier alpha value is -1.94. The number of esters is 1. The highest BCUT2D eigenvalue weighted by Gasteiger charge is 2.73. The number of ether oxygens (including phenoxy) is 1. The molecular weight excluding hydrogens is 312 g/mol. The molecule has 4 saturated heterocycles. The molecule has 0 radical (unpaired) electrons. The van der Waals surface area contributed by atoms with E-state index in [9.17, 15) is 4.79 Å². The SMILES string of the molecule is C/C=C1/CN2C3C[C@]45C(=Nc6ccccc64)[C@@H]2CC1C3C5OC(C)=O. The number of carbonyl (C=O) groups is 1. The molecule has 1 spiro atoms. The fraction of sp³-hybridized carbons (Fsp3) is 0.524. The number of allylic oxidation sites excluding steroid dienone is 1. The topological polar surface area (TPSA) is 41.9 Å². The maximum absolute atomic E-state index is 12.0. The minimum Gasteiger partial charge on any atom is -0.461 e. The van der Waals surface area contributed by atoms with Crippen molar-refractivity contribution in [3.63, 3.8) is 0 Å². The van der Waals surface area contributed by atoms with Crippen molar-refractivity contribution in [1.29, 1.82) is 0 Å².